The molecule has 0 bridgehead atoms. The van der Waals surface area contributed by atoms with Gasteiger partial charge in [0.2, 0.25) is 9.04 Å². The molecular formula is C12H15OSi. The van der Waals surface area contributed by atoms with E-state index in [2.05, 4.69) is 31.1 Å². The molecule has 1 rings (SSSR count). The van der Waals surface area contributed by atoms with Crippen molar-refractivity contribution in [2.45, 2.75) is 25.6 Å². The van der Waals surface area contributed by atoms with Crippen molar-refractivity contribution < 1.29 is 4.43 Å². The summed E-state index contributed by atoms with van der Waals surface area (Å²) >= 11 is 0. The van der Waals surface area contributed by atoms with Gasteiger partial charge in [-0.2, -0.15) is 0 Å². The Morgan fingerprint density at radius 1 is 1.36 bits per heavy atom. The average molecular weight is 203 g/mol. The van der Waals surface area contributed by atoms with Crippen molar-refractivity contribution in [3.63, 3.8) is 0 Å². The third kappa shape index (κ3) is 3.37. The van der Waals surface area contributed by atoms with Gasteiger partial charge in [-0.3, -0.25) is 0 Å². The van der Waals surface area contributed by atoms with Gasteiger partial charge < -0.3 is 4.43 Å². The fourth-order valence-corrected chi connectivity index (χ4v) is 2.08. The van der Waals surface area contributed by atoms with Crippen molar-refractivity contribution in [3.05, 3.63) is 35.9 Å². The SMILES string of the molecule is C#CC[C@H](O[Si](C)C)c1ccccc1. The summed E-state index contributed by atoms with van der Waals surface area (Å²) in [7, 11) is -0.698. The second kappa shape index (κ2) is 5.64. The number of benzene rings is 1. The van der Waals surface area contributed by atoms with Gasteiger partial charge in [-0.1, -0.05) is 30.3 Å². The lowest BCUT2D eigenvalue weighted by Crippen LogP contribution is -2.13. The Bertz CT molecular complexity index is 300. The van der Waals surface area contributed by atoms with Crippen LogP contribution in [0.25, 0.3) is 0 Å². The molecular weight excluding hydrogens is 188 g/mol. The lowest BCUT2D eigenvalue weighted by Gasteiger charge is -2.18. The quantitative estimate of drug-likeness (QED) is 0.540. The Kier molecular flexibility index (Phi) is 4.44. The fourth-order valence-electron chi connectivity index (χ4n) is 1.29. The van der Waals surface area contributed by atoms with Crippen LogP contribution in [0.2, 0.25) is 13.1 Å². The van der Waals surface area contributed by atoms with Crippen LogP contribution in [0.4, 0.5) is 0 Å². The molecule has 0 aromatic heterocycles. The summed E-state index contributed by atoms with van der Waals surface area (Å²) in [6.45, 7) is 4.24. The maximum Gasteiger partial charge on any atom is 0.205 e. The first-order chi connectivity index (χ1) is 6.74. The first-order valence-corrected chi connectivity index (χ1v) is 7.10. The van der Waals surface area contributed by atoms with Crippen molar-refractivity contribution in [3.8, 4) is 12.3 Å². The van der Waals surface area contributed by atoms with Crippen molar-refractivity contribution in [1.29, 1.82) is 0 Å². The molecule has 0 aliphatic rings. The standard InChI is InChI=1S/C12H15OSi/c1-4-8-12(13-14(2)3)11-9-6-5-7-10-11/h1,5-7,9-10,12H,8H2,2-3H3/t12-/m0/s1. The molecule has 0 unspecified atom stereocenters. The molecule has 0 aliphatic heterocycles. The molecule has 0 saturated heterocycles. The minimum absolute atomic E-state index is 0.0742. The van der Waals surface area contributed by atoms with E-state index in [9.17, 15) is 0 Å². The molecule has 0 fully saturated rings. The molecule has 14 heavy (non-hydrogen) atoms. The van der Waals surface area contributed by atoms with Crippen LogP contribution in [0, 0.1) is 12.3 Å². The van der Waals surface area contributed by atoms with Crippen LogP contribution < -0.4 is 0 Å². The van der Waals surface area contributed by atoms with E-state index in [0.29, 0.717) is 6.42 Å². The molecule has 1 atom stereocenters. The number of hydrogen-bond acceptors (Lipinski definition) is 1. The Labute approximate surface area is 87.8 Å². The highest BCUT2D eigenvalue weighted by atomic mass is 28.3. The highest BCUT2D eigenvalue weighted by Crippen LogP contribution is 2.21. The topological polar surface area (TPSA) is 9.23 Å². The normalized spacial score (nSPS) is 12.4. The van der Waals surface area contributed by atoms with E-state index >= 15 is 0 Å². The van der Waals surface area contributed by atoms with E-state index in [-0.39, 0.29) is 6.10 Å². The molecule has 0 spiro atoms. The van der Waals surface area contributed by atoms with Gasteiger partial charge in [-0.15, -0.1) is 12.3 Å². The van der Waals surface area contributed by atoms with E-state index in [0.717, 1.165) is 0 Å². The van der Waals surface area contributed by atoms with Gasteiger partial charge >= 0.3 is 0 Å². The summed E-state index contributed by atoms with van der Waals surface area (Å²) in [5.74, 6) is 2.66. The second-order valence-corrected chi connectivity index (χ2v) is 5.39. The van der Waals surface area contributed by atoms with Crippen molar-refractivity contribution in [1.82, 2.24) is 0 Å². The lowest BCUT2D eigenvalue weighted by molar-refractivity contribution is 0.215. The third-order valence-corrected chi connectivity index (χ3v) is 2.61. The first kappa shape index (κ1) is 11.0. The smallest absolute Gasteiger partial charge is 0.205 e. The van der Waals surface area contributed by atoms with Gasteiger partial charge in [-0.25, -0.2) is 0 Å². The molecule has 1 radical (unpaired) electrons. The third-order valence-electron chi connectivity index (χ3n) is 1.85. The Morgan fingerprint density at radius 2 is 2.00 bits per heavy atom. The summed E-state index contributed by atoms with van der Waals surface area (Å²) in [5, 5.41) is 0. The van der Waals surface area contributed by atoms with E-state index in [1.165, 1.54) is 5.56 Å². The first-order valence-electron chi connectivity index (χ1n) is 4.69. The molecule has 0 amide bonds. The van der Waals surface area contributed by atoms with Crippen LogP contribution in [-0.4, -0.2) is 9.04 Å². The van der Waals surface area contributed by atoms with Crippen LogP contribution in [0.15, 0.2) is 30.3 Å². The molecule has 2 heteroatoms. The maximum atomic E-state index is 5.84. The molecule has 0 heterocycles. The van der Waals surface area contributed by atoms with Crippen molar-refractivity contribution in [2.24, 2.45) is 0 Å². The zero-order valence-electron chi connectivity index (χ0n) is 8.66. The lowest BCUT2D eigenvalue weighted by atomic mass is 10.1. The molecule has 73 valence electrons. The zero-order valence-corrected chi connectivity index (χ0v) is 9.66. The molecule has 1 aromatic rings. The van der Waals surface area contributed by atoms with Gasteiger partial charge in [0.25, 0.3) is 0 Å². The highest BCUT2D eigenvalue weighted by molar-refractivity contribution is 6.48. The minimum atomic E-state index is -0.698. The van der Waals surface area contributed by atoms with Gasteiger partial charge in [0, 0.05) is 6.42 Å². The largest absolute Gasteiger partial charge is 0.409 e. The van der Waals surface area contributed by atoms with E-state index in [1.807, 2.05) is 18.2 Å². The second-order valence-electron chi connectivity index (χ2n) is 3.33. The summed E-state index contributed by atoms with van der Waals surface area (Å²) in [5.41, 5.74) is 1.18. The monoisotopic (exact) mass is 203 g/mol. The summed E-state index contributed by atoms with van der Waals surface area (Å²) in [4.78, 5) is 0. The van der Waals surface area contributed by atoms with E-state index in [1.54, 1.807) is 0 Å². The van der Waals surface area contributed by atoms with Crippen molar-refractivity contribution >= 4 is 9.04 Å². The summed E-state index contributed by atoms with van der Waals surface area (Å²) in [6.07, 6.45) is 6.05. The van der Waals surface area contributed by atoms with Crippen molar-refractivity contribution in [2.75, 3.05) is 0 Å². The highest BCUT2D eigenvalue weighted by Gasteiger charge is 2.12. The predicted molar refractivity (Wildman–Crippen MR) is 61.2 cm³/mol. The molecule has 0 N–H and O–H groups in total. The molecule has 1 nitrogen and oxygen atoms in total. The fraction of sp³-hybridized carbons (Fsp3) is 0.333. The number of rotatable bonds is 4. The van der Waals surface area contributed by atoms with E-state index in [4.69, 9.17) is 10.8 Å². The molecule has 0 aliphatic carbocycles. The minimum Gasteiger partial charge on any atom is -0.409 e. The maximum absolute atomic E-state index is 5.84. The van der Waals surface area contributed by atoms with Crippen LogP contribution in [0.3, 0.4) is 0 Å². The van der Waals surface area contributed by atoms with Crippen LogP contribution in [0.1, 0.15) is 18.1 Å². The Morgan fingerprint density at radius 3 is 2.50 bits per heavy atom. The Balaban J connectivity index is 2.73. The van der Waals surface area contributed by atoms with E-state index < -0.39 is 9.04 Å². The summed E-state index contributed by atoms with van der Waals surface area (Å²) < 4.78 is 5.84. The van der Waals surface area contributed by atoms with Gasteiger partial charge in [0.15, 0.2) is 0 Å². The number of hydrogen-bond donors (Lipinski definition) is 0. The van der Waals surface area contributed by atoms with Gasteiger partial charge in [-0.05, 0) is 18.7 Å². The van der Waals surface area contributed by atoms with Gasteiger partial charge in [0.1, 0.15) is 0 Å². The predicted octanol–water partition coefficient (Wildman–Crippen LogP) is 3.02. The Hall–Kier alpha value is -1.04. The number of terminal acetylenes is 1. The molecule has 1 aromatic carbocycles. The average Bonchev–Trinajstić information content (AvgIpc) is 2.18. The van der Waals surface area contributed by atoms with Crippen LogP contribution in [-0.2, 0) is 4.43 Å². The molecule has 0 saturated carbocycles. The van der Waals surface area contributed by atoms with Gasteiger partial charge in [0.05, 0.1) is 6.10 Å². The van der Waals surface area contributed by atoms with Crippen LogP contribution in [0.5, 0.6) is 0 Å². The summed E-state index contributed by atoms with van der Waals surface area (Å²) in [6, 6.07) is 10.2. The zero-order chi connectivity index (χ0) is 10.4. The van der Waals surface area contributed by atoms with Crippen LogP contribution >= 0.6 is 0 Å².